The van der Waals surface area contributed by atoms with Crippen LogP contribution < -0.4 is 14.9 Å². The Morgan fingerprint density at radius 2 is 1.48 bits per heavy atom. The van der Waals surface area contributed by atoms with Crippen LogP contribution in [-0.2, 0) is 0 Å². The van der Waals surface area contributed by atoms with E-state index in [2.05, 4.69) is 56.5 Å². The molecule has 0 spiro atoms. The minimum Gasteiger partial charge on any atom is -0.493 e. The van der Waals surface area contributed by atoms with E-state index in [4.69, 9.17) is 9.47 Å². The summed E-state index contributed by atoms with van der Waals surface area (Å²) in [6, 6.07) is 39.7. The molecule has 1 amide bonds. The van der Waals surface area contributed by atoms with Gasteiger partial charge in [-0.15, -0.1) is 0 Å². The van der Waals surface area contributed by atoms with Gasteiger partial charge < -0.3 is 14.0 Å². The molecule has 46 heavy (non-hydrogen) atoms. The summed E-state index contributed by atoms with van der Waals surface area (Å²) in [7, 11) is 1.48. The van der Waals surface area contributed by atoms with E-state index in [0.717, 1.165) is 34.4 Å². The third-order valence-corrected chi connectivity index (χ3v) is 7.12. The summed E-state index contributed by atoms with van der Waals surface area (Å²) < 4.78 is 13.3. The van der Waals surface area contributed by atoms with Crippen LogP contribution in [0.15, 0.2) is 139 Å². The predicted octanol–water partition coefficient (Wildman–Crippen LogP) is 7.68. The summed E-state index contributed by atoms with van der Waals surface area (Å²) in [6.07, 6.45) is 2.60. The Bertz CT molecular complexity index is 1950. The summed E-state index contributed by atoms with van der Waals surface area (Å²) in [6.45, 7) is 0. The van der Waals surface area contributed by atoms with Gasteiger partial charge in [-0.25, -0.2) is 10.4 Å². The Balaban J connectivity index is 1.16. The number of nitrogens with one attached hydrogen (secondary N) is 1. The molecule has 0 aliphatic rings. The number of nitro groups is 1. The fourth-order valence-corrected chi connectivity index (χ4v) is 4.88. The molecule has 6 aromatic rings. The number of hydrogen-bond donors (Lipinski definition) is 1. The van der Waals surface area contributed by atoms with Gasteiger partial charge in [0.25, 0.3) is 11.6 Å². The van der Waals surface area contributed by atoms with Crippen LogP contribution in [0.25, 0.3) is 28.2 Å². The van der Waals surface area contributed by atoms with Gasteiger partial charge in [0.05, 0.1) is 29.6 Å². The molecule has 10 heteroatoms. The molecule has 2 heterocycles. The lowest BCUT2D eigenvalue weighted by Gasteiger charge is -2.15. The molecule has 10 nitrogen and oxygen atoms in total. The number of benzene rings is 4. The van der Waals surface area contributed by atoms with Crippen LogP contribution >= 0.6 is 0 Å². The summed E-state index contributed by atoms with van der Waals surface area (Å²) in [4.78, 5) is 27.2. The zero-order valence-electron chi connectivity index (χ0n) is 24.6. The number of carbonyl (C=O) groups is 1. The average Bonchev–Trinajstić information content (AvgIpc) is 3.55. The van der Waals surface area contributed by atoms with E-state index in [9.17, 15) is 14.9 Å². The third kappa shape index (κ3) is 6.51. The van der Waals surface area contributed by atoms with Crippen molar-refractivity contribution in [3.05, 3.63) is 155 Å². The molecular formula is C36H27N5O5. The molecule has 0 fully saturated rings. The second-order valence-electron chi connectivity index (χ2n) is 10.0. The Morgan fingerprint density at radius 3 is 2.04 bits per heavy atom. The largest absolute Gasteiger partial charge is 0.493 e. The first-order chi connectivity index (χ1) is 22.5. The molecule has 4 aromatic carbocycles. The smallest absolute Gasteiger partial charge is 0.287 e. The second kappa shape index (κ2) is 13.4. The SMILES string of the molecule is COc1cc(/C=N/NC(=O)c2ccc(-n3c(-c4ccccc4)ccc3-c3ccccc3)cc2)ccc1Oc1ccc([N+](=O)[O-])cn1. The zero-order chi connectivity index (χ0) is 31.9. The molecule has 0 atom stereocenters. The van der Waals surface area contributed by atoms with Gasteiger partial charge >= 0.3 is 0 Å². The van der Waals surface area contributed by atoms with Crippen LogP contribution in [0.5, 0.6) is 17.4 Å². The molecule has 0 aliphatic heterocycles. The fraction of sp³-hybridized carbons (Fsp3) is 0.0278. The van der Waals surface area contributed by atoms with Crippen molar-refractivity contribution in [2.75, 3.05) is 7.11 Å². The van der Waals surface area contributed by atoms with Crippen molar-refractivity contribution in [2.45, 2.75) is 0 Å². The highest BCUT2D eigenvalue weighted by Gasteiger charge is 2.15. The van der Waals surface area contributed by atoms with Gasteiger partial charge in [0.15, 0.2) is 11.5 Å². The van der Waals surface area contributed by atoms with Crippen LogP contribution in [0.1, 0.15) is 15.9 Å². The van der Waals surface area contributed by atoms with Crippen molar-refractivity contribution < 1.29 is 19.2 Å². The molecular weight excluding hydrogens is 582 g/mol. The first kappa shape index (κ1) is 29.5. The number of methoxy groups -OCH3 is 1. The molecule has 226 valence electrons. The van der Waals surface area contributed by atoms with E-state index in [0.29, 0.717) is 22.6 Å². The van der Waals surface area contributed by atoms with Gasteiger partial charge in [-0.2, -0.15) is 5.10 Å². The standard InChI is InChI=1S/C36H27N5O5/c1-45-34-22-25(12-20-33(34)46-35-21-17-30(24-37-35)41(43)44)23-38-39-36(42)28-13-15-29(16-14-28)40-31(26-8-4-2-5-9-26)18-19-32(40)27-10-6-3-7-11-27/h2-24H,1H3,(H,39,42)/b38-23+. The van der Waals surface area contributed by atoms with Crippen molar-refractivity contribution in [3.8, 4) is 45.6 Å². The highest BCUT2D eigenvalue weighted by atomic mass is 16.6. The van der Waals surface area contributed by atoms with Crippen LogP contribution in [0.3, 0.4) is 0 Å². The van der Waals surface area contributed by atoms with E-state index < -0.39 is 4.92 Å². The number of pyridine rings is 1. The van der Waals surface area contributed by atoms with Gasteiger partial charge in [-0.3, -0.25) is 14.9 Å². The van der Waals surface area contributed by atoms with E-state index in [1.807, 2.05) is 48.5 Å². The molecule has 2 aromatic heterocycles. The lowest BCUT2D eigenvalue weighted by molar-refractivity contribution is -0.385. The van der Waals surface area contributed by atoms with Crippen LogP contribution in [0.4, 0.5) is 5.69 Å². The van der Waals surface area contributed by atoms with Crippen LogP contribution in [0, 0.1) is 10.1 Å². The number of amides is 1. The maximum atomic E-state index is 12.9. The van der Waals surface area contributed by atoms with Crippen molar-refractivity contribution in [2.24, 2.45) is 5.10 Å². The molecule has 0 saturated heterocycles. The first-order valence-corrected chi connectivity index (χ1v) is 14.2. The Kier molecular flexibility index (Phi) is 8.60. The normalized spacial score (nSPS) is 10.9. The second-order valence-corrected chi connectivity index (χ2v) is 10.0. The molecule has 0 unspecified atom stereocenters. The number of rotatable bonds is 10. The average molecular weight is 610 g/mol. The van der Waals surface area contributed by atoms with Crippen molar-refractivity contribution in [1.82, 2.24) is 15.0 Å². The predicted molar refractivity (Wildman–Crippen MR) is 176 cm³/mol. The van der Waals surface area contributed by atoms with Crippen LogP contribution in [-0.4, -0.2) is 33.7 Å². The zero-order valence-corrected chi connectivity index (χ0v) is 24.6. The monoisotopic (exact) mass is 609 g/mol. The first-order valence-electron chi connectivity index (χ1n) is 14.2. The van der Waals surface area contributed by atoms with E-state index in [1.165, 1.54) is 25.5 Å². The molecule has 0 saturated carbocycles. The van der Waals surface area contributed by atoms with Gasteiger partial charge in [0.2, 0.25) is 5.88 Å². The fourth-order valence-electron chi connectivity index (χ4n) is 4.88. The van der Waals surface area contributed by atoms with Gasteiger partial charge in [-0.1, -0.05) is 60.7 Å². The third-order valence-electron chi connectivity index (χ3n) is 7.12. The molecule has 0 bridgehead atoms. The lowest BCUT2D eigenvalue weighted by Crippen LogP contribution is -2.17. The van der Waals surface area contributed by atoms with E-state index >= 15 is 0 Å². The van der Waals surface area contributed by atoms with E-state index in [1.54, 1.807) is 30.3 Å². The summed E-state index contributed by atoms with van der Waals surface area (Å²) >= 11 is 0. The van der Waals surface area contributed by atoms with Crippen molar-refractivity contribution in [1.29, 1.82) is 0 Å². The van der Waals surface area contributed by atoms with Gasteiger partial charge in [0, 0.05) is 23.4 Å². The maximum Gasteiger partial charge on any atom is 0.287 e. The molecule has 0 radical (unpaired) electrons. The maximum absolute atomic E-state index is 12.9. The number of nitrogens with zero attached hydrogens (tertiary/aromatic N) is 4. The summed E-state index contributed by atoms with van der Waals surface area (Å²) in [5, 5.41) is 15.0. The lowest BCUT2D eigenvalue weighted by atomic mass is 10.1. The van der Waals surface area contributed by atoms with Gasteiger partial charge in [-0.05, 0) is 71.3 Å². The van der Waals surface area contributed by atoms with Crippen molar-refractivity contribution >= 4 is 17.8 Å². The van der Waals surface area contributed by atoms with Crippen molar-refractivity contribution in [3.63, 3.8) is 0 Å². The number of carbonyl (C=O) groups excluding carboxylic acids is 1. The number of hydrazone groups is 1. The Labute approximate surface area is 264 Å². The highest BCUT2D eigenvalue weighted by Crippen LogP contribution is 2.33. The number of ether oxygens (including phenoxy) is 2. The molecule has 1 N–H and O–H groups in total. The number of aromatic nitrogens is 2. The topological polar surface area (TPSA) is 121 Å². The Hall–Kier alpha value is -6.55. The summed E-state index contributed by atoms with van der Waals surface area (Å²) in [5.41, 5.74) is 8.69. The molecule has 6 rings (SSSR count). The van der Waals surface area contributed by atoms with Gasteiger partial charge in [0.1, 0.15) is 6.20 Å². The minimum absolute atomic E-state index is 0.140. The minimum atomic E-state index is -0.535. The van der Waals surface area contributed by atoms with Crippen LogP contribution in [0.2, 0.25) is 0 Å². The Morgan fingerprint density at radius 1 is 0.826 bits per heavy atom. The highest BCUT2D eigenvalue weighted by molar-refractivity contribution is 5.95. The quantitative estimate of drug-likeness (QED) is 0.0966. The number of hydrogen-bond acceptors (Lipinski definition) is 7. The van der Waals surface area contributed by atoms with E-state index in [-0.39, 0.29) is 17.5 Å². The molecule has 0 aliphatic carbocycles. The summed E-state index contributed by atoms with van der Waals surface area (Å²) in [5.74, 6) is 0.561.